The van der Waals surface area contributed by atoms with Gasteiger partial charge in [-0.2, -0.15) is 4.98 Å². The molecule has 0 aliphatic carbocycles. The van der Waals surface area contributed by atoms with Gasteiger partial charge in [-0.05, 0) is 12.1 Å². The summed E-state index contributed by atoms with van der Waals surface area (Å²) in [6.45, 7) is 0. The summed E-state index contributed by atoms with van der Waals surface area (Å²) in [5, 5.41) is 11.3. The van der Waals surface area contributed by atoms with Gasteiger partial charge in [-0.3, -0.25) is 24.6 Å². The summed E-state index contributed by atoms with van der Waals surface area (Å²) in [6, 6.07) is 5.48. The van der Waals surface area contributed by atoms with Gasteiger partial charge >= 0.3 is 0 Å². The SMILES string of the molecule is O=C(Cc1cn2ccsc2n1)Nc1n[nH]c(-c2ccccn2)n1. The molecule has 4 rings (SSSR count). The number of nitrogens with zero attached hydrogens (tertiary/aromatic N) is 5. The fourth-order valence-corrected chi connectivity index (χ4v) is 2.85. The summed E-state index contributed by atoms with van der Waals surface area (Å²) >= 11 is 1.52. The maximum Gasteiger partial charge on any atom is 0.249 e. The predicted molar refractivity (Wildman–Crippen MR) is 85.0 cm³/mol. The van der Waals surface area contributed by atoms with Crippen LogP contribution in [0.1, 0.15) is 5.69 Å². The van der Waals surface area contributed by atoms with Crippen molar-refractivity contribution >= 4 is 28.2 Å². The monoisotopic (exact) mass is 325 g/mol. The van der Waals surface area contributed by atoms with E-state index in [1.54, 1.807) is 6.20 Å². The first-order chi connectivity index (χ1) is 11.3. The number of thiazole rings is 1. The van der Waals surface area contributed by atoms with Gasteiger partial charge in [0.25, 0.3) is 0 Å². The van der Waals surface area contributed by atoms with Crippen molar-refractivity contribution in [3.8, 4) is 11.5 Å². The number of hydrogen-bond donors (Lipinski definition) is 2. The molecule has 0 saturated carbocycles. The van der Waals surface area contributed by atoms with Crippen LogP contribution in [0.25, 0.3) is 16.5 Å². The van der Waals surface area contributed by atoms with Crippen LogP contribution in [-0.4, -0.2) is 35.5 Å². The first-order valence-electron chi connectivity index (χ1n) is 6.83. The molecule has 0 saturated heterocycles. The average molecular weight is 325 g/mol. The molecule has 0 spiro atoms. The van der Waals surface area contributed by atoms with Crippen LogP contribution in [0.15, 0.2) is 42.2 Å². The third-order valence-electron chi connectivity index (χ3n) is 3.13. The average Bonchev–Trinajstić information content (AvgIpc) is 3.24. The van der Waals surface area contributed by atoms with Crippen LogP contribution >= 0.6 is 11.3 Å². The van der Waals surface area contributed by atoms with Gasteiger partial charge in [0.1, 0.15) is 5.69 Å². The van der Waals surface area contributed by atoms with Gasteiger partial charge in [0.15, 0.2) is 10.8 Å². The number of rotatable bonds is 4. The molecule has 8 nitrogen and oxygen atoms in total. The Hall–Kier alpha value is -3.07. The molecule has 4 aromatic heterocycles. The van der Waals surface area contributed by atoms with Gasteiger partial charge in [-0.15, -0.1) is 16.4 Å². The third kappa shape index (κ3) is 2.81. The smallest absolute Gasteiger partial charge is 0.249 e. The molecule has 0 bridgehead atoms. The van der Waals surface area contributed by atoms with Gasteiger partial charge in [-0.1, -0.05) is 6.07 Å². The van der Waals surface area contributed by atoms with Gasteiger partial charge < -0.3 is 0 Å². The van der Waals surface area contributed by atoms with Crippen molar-refractivity contribution in [3.05, 3.63) is 47.9 Å². The second-order valence-electron chi connectivity index (χ2n) is 4.77. The molecule has 1 amide bonds. The quantitative estimate of drug-likeness (QED) is 0.595. The van der Waals surface area contributed by atoms with Crippen LogP contribution < -0.4 is 5.32 Å². The van der Waals surface area contributed by atoms with Crippen molar-refractivity contribution in [2.24, 2.45) is 0 Å². The molecule has 9 heteroatoms. The van der Waals surface area contributed by atoms with E-state index in [2.05, 4.69) is 30.5 Å². The lowest BCUT2D eigenvalue weighted by molar-refractivity contribution is -0.115. The number of anilines is 1. The molecule has 0 atom stereocenters. The molecule has 23 heavy (non-hydrogen) atoms. The minimum atomic E-state index is -0.220. The minimum Gasteiger partial charge on any atom is -0.297 e. The molecular formula is C14H11N7OS. The highest BCUT2D eigenvalue weighted by Gasteiger charge is 2.12. The first-order valence-corrected chi connectivity index (χ1v) is 7.70. The minimum absolute atomic E-state index is 0.169. The summed E-state index contributed by atoms with van der Waals surface area (Å²) in [7, 11) is 0. The Morgan fingerprint density at radius 1 is 1.35 bits per heavy atom. The number of aromatic amines is 1. The number of imidazole rings is 1. The molecule has 0 fully saturated rings. The Morgan fingerprint density at radius 3 is 3.13 bits per heavy atom. The predicted octanol–water partition coefficient (Wildman–Crippen LogP) is 1.76. The molecule has 2 N–H and O–H groups in total. The molecule has 0 unspecified atom stereocenters. The maximum absolute atomic E-state index is 12.1. The highest BCUT2D eigenvalue weighted by Crippen LogP contribution is 2.14. The number of aromatic nitrogens is 6. The molecule has 0 radical (unpaired) electrons. The van der Waals surface area contributed by atoms with Crippen molar-refractivity contribution in [3.63, 3.8) is 0 Å². The zero-order chi connectivity index (χ0) is 15.6. The Morgan fingerprint density at radius 2 is 2.30 bits per heavy atom. The van der Waals surface area contributed by atoms with Gasteiger partial charge in [-0.25, -0.2) is 4.98 Å². The number of pyridine rings is 1. The highest BCUT2D eigenvalue weighted by molar-refractivity contribution is 7.15. The van der Waals surface area contributed by atoms with E-state index in [4.69, 9.17) is 0 Å². The Labute approximate surface area is 134 Å². The van der Waals surface area contributed by atoms with Crippen LogP contribution in [0.2, 0.25) is 0 Å². The summed E-state index contributed by atoms with van der Waals surface area (Å²) in [5.41, 5.74) is 1.37. The number of carbonyl (C=O) groups is 1. The lowest BCUT2D eigenvalue weighted by atomic mass is 10.3. The fourth-order valence-electron chi connectivity index (χ4n) is 2.13. The van der Waals surface area contributed by atoms with Crippen molar-refractivity contribution < 1.29 is 4.79 Å². The molecule has 0 aromatic carbocycles. The molecule has 0 aliphatic rings. The van der Waals surface area contributed by atoms with Crippen molar-refractivity contribution in [1.82, 2.24) is 29.5 Å². The number of hydrogen-bond acceptors (Lipinski definition) is 6. The zero-order valence-electron chi connectivity index (χ0n) is 11.8. The van der Waals surface area contributed by atoms with Crippen LogP contribution in [0.5, 0.6) is 0 Å². The molecule has 4 heterocycles. The highest BCUT2D eigenvalue weighted by atomic mass is 32.1. The Balaban J connectivity index is 1.44. The summed E-state index contributed by atoms with van der Waals surface area (Å²) in [5.74, 6) is 0.502. The van der Waals surface area contributed by atoms with Crippen molar-refractivity contribution in [2.75, 3.05) is 5.32 Å². The molecule has 4 aromatic rings. The normalized spacial score (nSPS) is 11.0. The Bertz CT molecular complexity index is 927. The van der Waals surface area contributed by atoms with Crippen LogP contribution in [0.3, 0.4) is 0 Å². The van der Waals surface area contributed by atoms with Crippen LogP contribution in [-0.2, 0) is 11.2 Å². The van der Waals surface area contributed by atoms with Crippen LogP contribution in [0, 0.1) is 0 Å². The lowest BCUT2D eigenvalue weighted by Gasteiger charge is -1.97. The molecular weight excluding hydrogens is 314 g/mol. The van der Waals surface area contributed by atoms with E-state index in [-0.39, 0.29) is 18.3 Å². The Kier molecular flexibility index (Phi) is 3.31. The lowest BCUT2D eigenvalue weighted by Crippen LogP contribution is -2.15. The number of carbonyl (C=O) groups excluding carboxylic acids is 1. The number of H-pyrrole nitrogens is 1. The van der Waals surface area contributed by atoms with E-state index in [9.17, 15) is 4.79 Å². The summed E-state index contributed by atoms with van der Waals surface area (Å²) in [4.78, 5) is 25.7. The van der Waals surface area contributed by atoms with Crippen LogP contribution in [0.4, 0.5) is 5.95 Å². The zero-order valence-corrected chi connectivity index (χ0v) is 12.6. The maximum atomic E-state index is 12.1. The van der Waals surface area contributed by atoms with E-state index >= 15 is 0 Å². The van der Waals surface area contributed by atoms with E-state index in [1.165, 1.54) is 11.3 Å². The fraction of sp³-hybridized carbons (Fsp3) is 0.0714. The largest absolute Gasteiger partial charge is 0.297 e. The summed E-state index contributed by atoms with van der Waals surface area (Å²) in [6.07, 6.45) is 5.58. The van der Waals surface area contributed by atoms with E-state index in [1.807, 2.05) is 40.4 Å². The van der Waals surface area contributed by atoms with E-state index in [0.29, 0.717) is 17.2 Å². The molecule has 114 valence electrons. The van der Waals surface area contributed by atoms with E-state index in [0.717, 1.165) is 4.96 Å². The standard InChI is InChI=1S/C14H11N7OS/c22-11(7-9-8-21-5-6-23-14(21)16-9)17-13-18-12(19-20-13)10-3-1-2-4-15-10/h1-6,8H,7H2,(H2,17,18,19,20,22). The number of nitrogens with one attached hydrogen (secondary N) is 2. The van der Waals surface area contributed by atoms with Gasteiger partial charge in [0.05, 0.1) is 12.1 Å². The number of fused-ring (bicyclic) bond motifs is 1. The number of amides is 1. The van der Waals surface area contributed by atoms with Crippen molar-refractivity contribution in [1.29, 1.82) is 0 Å². The van der Waals surface area contributed by atoms with E-state index < -0.39 is 0 Å². The molecule has 0 aliphatic heterocycles. The van der Waals surface area contributed by atoms with Gasteiger partial charge in [0.2, 0.25) is 11.9 Å². The second-order valence-corrected chi connectivity index (χ2v) is 5.65. The third-order valence-corrected chi connectivity index (χ3v) is 3.90. The summed E-state index contributed by atoms with van der Waals surface area (Å²) < 4.78 is 1.89. The van der Waals surface area contributed by atoms with Crippen molar-refractivity contribution in [2.45, 2.75) is 6.42 Å². The first kappa shape index (κ1) is 13.6. The topological polar surface area (TPSA) is 101 Å². The second kappa shape index (κ2) is 5.61. The van der Waals surface area contributed by atoms with Gasteiger partial charge in [0, 0.05) is 24.0 Å².